The maximum atomic E-state index is 7.33. The topological polar surface area (TPSA) is 80.9 Å². The molecule has 0 rings (SSSR count). The molecular formula is C3H9O4SiTe. The third kappa shape index (κ3) is 148. The summed E-state index contributed by atoms with van der Waals surface area (Å²) in [5.74, 6) is 0. The van der Waals surface area contributed by atoms with E-state index in [2.05, 4.69) is 6.58 Å². The molecule has 0 aromatic carbocycles. The first-order valence-electron chi connectivity index (χ1n) is 2.00. The van der Waals surface area contributed by atoms with Gasteiger partial charge in [0.2, 0.25) is 0 Å². The Morgan fingerprint density at radius 2 is 1.44 bits per heavy atom. The van der Waals surface area contributed by atoms with Crippen molar-refractivity contribution in [2.45, 2.75) is 4.47 Å². The summed E-state index contributed by atoms with van der Waals surface area (Å²) in [5, 5.41) is 0. The number of hydrogen-bond acceptors (Lipinski definition) is 4. The Labute approximate surface area is 67.9 Å². The van der Waals surface area contributed by atoms with E-state index in [1.165, 1.54) is 0 Å². The fourth-order valence-electron chi connectivity index (χ4n) is 0. The molecular weight excluding hydrogens is 256 g/mol. The van der Waals surface area contributed by atoms with Gasteiger partial charge in [0.05, 0.1) is 0 Å². The van der Waals surface area contributed by atoms with Crippen LogP contribution in [0.4, 0.5) is 0 Å². The van der Waals surface area contributed by atoms with E-state index in [4.69, 9.17) is 19.2 Å². The second-order valence-electron chi connectivity index (χ2n) is 1.06. The van der Waals surface area contributed by atoms with Crippen LogP contribution < -0.4 is 0 Å². The summed E-state index contributed by atoms with van der Waals surface area (Å²) in [6.45, 7) is 3.48. The van der Waals surface area contributed by atoms with Gasteiger partial charge < -0.3 is 19.2 Å². The predicted octanol–water partition coefficient (Wildman–Crippen LogP) is -1.85. The standard InChI is InChI=1S/C3H5Te.H4O4Si/c1-2-3-4;1-5(2,3)4/h2H,1,3H2;1-4H. The van der Waals surface area contributed by atoms with Crippen LogP contribution >= 0.6 is 0 Å². The van der Waals surface area contributed by atoms with E-state index in [9.17, 15) is 0 Å². The molecule has 0 bridgehead atoms. The van der Waals surface area contributed by atoms with Crippen LogP contribution in [-0.4, -0.2) is 50.5 Å². The first-order chi connectivity index (χ1) is 3.91. The molecule has 55 valence electrons. The van der Waals surface area contributed by atoms with Gasteiger partial charge in [-0.25, -0.2) is 0 Å². The zero-order chi connectivity index (χ0) is 7.91. The van der Waals surface area contributed by atoms with Gasteiger partial charge in [0.15, 0.2) is 0 Å². The molecule has 4 nitrogen and oxygen atoms in total. The molecule has 1 radical (unpaired) electrons. The zero-order valence-electron chi connectivity index (χ0n) is 4.69. The van der Waals surface area contributed by atoms with E-state index in [0.717, 1.165) is 4.47 Å². The largest absolute Gasteiger partial charge is 0.668 e. The minimum absolute atomic E-state index is 1.09. The van der Waals surface area contributed by atoms with Crippen molar-refractivity contribution in [3.05, 3.63) is 12.7 Å². The molecule has 0 atom stereocenters. The summed E-state index contributed by atoms with van der Waals surface area (Å²) in [6, 6.07) is 0. The molecule has 0 aliphatic heterocycles. The average molecular weight is 265 g/mol. The Morgan fingerprint density at radius 3 is 1.44 bits per heavy atom. The monoisotopic (exact) mass is 267 g/mol. The van der Waals surface area contributed by atoms with E-state index >= 15 is 0 Å². The second kappa shape index (κ2) is 6.70. The van der Waals surface area contributed by atoms with Crippen molar-refractivity contribution in [3.63, 3.8) is 0 Å². The van der Waals surface area contributed by atoms with Crippen molar-refractivity contribution in [1.82, 2.24) is 0 Å². The molecule has 0 aliphatic carbocycles. The molecule has 0 heterocycles. The first kappa shape index (κ1) is 12.3. The molecule has 0 aromatic rings. The van der Waals surface area contributed by atoms with Crippen molar-refractivity contribution >= 4 is 31.3 Å². The van der Waals surface area contributed by atoms with Gasteiger partial charge in [0.25, 0.3) is 0 Å². The van der Waals surface area contributed by atoms with Crippen LogP contribution in [0.1, 0.15) is 0 Å². The molecule has 6 heteroatoms. The second-order valence-corrected chi connectivity index (χ2v) is 3.21. The summed E-state index contributed by atoms with van der Waals surface area (Å²) in [7, 11) is -4.61. The van der Waals surface area contributed by atoms with Crippen LogP contribution in [0.2, 0.25) is 4.47 Å². The Balaban J connectivity index is 0. The fourth-order valence-corrected chi connectivity index (χ4v) is 0. The smallest absolute Gasteiger partial charge is 0.368 e. The predicted molar refractivity (Wildman–Crippen MR) is 35.4 cm³/mol. The van der Waals surface area contributed by atoms with Gasteiger partial charge in [0.1, 0.15) is 0 Å². The third-order valence-electron chi connectivity index (χ3n) is 0.118. The summed E-state index contributed by atoms with van der Waals surface area (Å²) < 4.78 is 1.09. The summed E-state index contributed by atoms with van der Waals surface area (Å²) in [5.41, 5.74) is 0. The van der Waals surface area contributed by atoms with E-state index in [1.54, 1.807) is 0 Å². The minimum Gasteiger partial charge on any atom is -0.368 e. The number of hydrogen-bond donors (Lipinski definition) is 4. The Kier molecular flexibility index (Phi) is 9.15. The van der Waals surface area contributed by atoms with Gasteiger partial charge in [-0.15, -0.1) is 0 Å². The van der Waals surface area contributed by atoms with Crippen LogP contribution in [0.5, 0.6) is 0 Å². The van der Waals surface area contributed by atoms with E-state index in [-0.39, 0.29) is 0 Å². The van der Waals surface area contributed by atoms with E-state index < -0.39 is 9.05 Å². The van der Waals surface area contributed by atoms with E-state index in [1.807, 2.05) is 28.4 Å². The molecule has 0 aromatic heterocycles. The summed E-state index contributed by atoms with van der Waals surface area (Å²) >= 11 is 2.01. The van der Waals surface area contributed by atoms with Gasteiger partial charge in [-0.1, -0.05) is 0 Å². The Bertz CT molecular complexity index is 64.7. The molecule has 0 saturated carbocycles. The maximum Gasteiger partial charge on any atom is 0.668 e. The molecule has 0 fully saturated rings. The maximum absolute atomic E-state index is 7.33. The Hall–Kier alpha value is 0.586. The van der Waals surface area contributed by atoms with E-state index in [0.29, 0.717) is 0 Å². The molecule has 4 N–H and O–H groups in total. The van der Waals surface area contributed by atoms with Crippen molar-refractivity contribution in [2.24, 2.45) is 0 Å². The van der Waals surface area contributed by atoms with Crippen LogP contribution in [0.15, 0.2) is 12.7 Å². The van der Waals surface area contributed by atoms with Crippen molar-refractivity contribution in [1.29, 1.82) is 0 Å². The zero-order valence-corrected chi connectivity index (χ0v) is 8.02. The average Bonchev–Trinajstić information content (AvgIpc) is 1.61. The van der Waals surface area contributed by atoms with Crippen LogP contribution in [0, 0.1) is 0 Å². The van der Waals surface area contributed by atoms with Crippen LogP contribution in [0.25, 0.3) is 0 Å². The van der Waals surface area contributed by atoms with Crippen LogP contribution in [0.3, 0.4) is 0 Å². The van der Waals surface area contributed by atoms with Crippen molar-refractivity contribution < 1.29 is 19.2 Å². The number of rotatable bonds is 1. The molecule has 0 unspecified atom stereocenters. The third-order valence-corrected chi connectivity index (χ3v) is 0.791. The minimum atomic E-state index is -4.61. The summed E-state index contributed by atoms with van der Waals surface area (Å²) in [6.07, 6.45) is 1.88. The fraction of sp³-hybridized carbons (Fsp3) is 0.333. The quantitative estimate of drug-likeness (QED) is 0.331. The van der Waals surface area contributed by atoms with Gasteiger partial charge in [-0.2, -0.15) is 0 Å². The summed E-state index contributed by atoms with van der Waals surface area (Å²) in [4.78, 5) is 29.3. The SMILES string of the molecule is C=CC[Te].O[Si](O)(O)O. The normalized spacial score (nSPS) is 9.44. The van der Waals surface area contributed by atoms with Crippen molar-refractivity contribution in [2.75, 3.05) is 0 Å². The van der Waals surface area contributed by atoms with Gasteiger partial charge in [0, 0.05) is 0 Å². The first-order valence-corrected chi connectivity index (χ1v) is 5.44. The Morgan fingerprint density at radius 1 is 1.33 bits per heavy atom. The molecule has 0 saturated heterocycles. The molecule has 9 heavy (non-hydrogen) atoms. The van der Waals surface area contributed by atoms with Gasteiger partial charge >= 0.3 is 48.5 Å². The molecule has 0 aliphatic rings. The van der Waals surface area contributed by atoms with Gasteiger partial charge in [-0.05, 0) is 0 Å². The number of allylic oxidation sites excluding steroid dienone is 1. The van der Waals surface area contributed by atoms with Crippen LogP contribution in [-0.2, 0) is 0 Å². The molecule has 0 amide bonds. The van der Waals surface area contributed by atoms with Gasteiger partial charge in [-0.3, -0.25) is 0 Å². The molecule has 0 spiro atoms. The van der Waals surface area contributed by atoms with Crippen molar-refractivity contribution in [3.8, 4) is 0 Å².